The van der Waals surface area contributed by atoms with E-state index in [1.807, 2.05) is 22.6 Å². The zero-order valence-corrected chi connectivity index (χ0v) is 14.8. The number of carbonyl (C=O) groups is 1. The quantitative estimate of drug-likeness (QED) is 0.699. The molecule has 3 N–H and O–H groups in total. The number of hydrogen-bond acceptors (Lipinski definition) is 4. The molecule has 2 aromatic rings. The minimum atomic E-state index is -3.92. The molecule has 2 rings (SSSR count). The number of benzene rings is 2. The van der Waals surface area contributed by atoms with Crippen LogP contribution in [0.1, 0.15) is 10.4 Å². The molecule has 0 unspecified atom stereocenters. The van der Waals surface area contributed by atoms with Gasteiger partial charge in [-0.25, -0.2) is 17.9 Å². The lowest BCUT2D eigenvalue weighted by atomic mass is 10.2. The Morgan fingerprint density at radius 1 is 1.26 bits per heavy atom. The van der Waals surface area contributed by atoms with Crippen LogP contribution >= 0.6 is 22.6 Å². The van der Waals surface area contributed by atoms with Crippen molar-refractivity contribution in [3.05, 3.63) is 51.3 Å². The normalized spacial score (nSPS) is 11.1. The molecule has 0 spiro atoms. The van der Waals surface area contributed by atoms with Gasteiger partial charge in [-0.05, 0) is 59.0 Å². The molecule has 6 nitrogen and oxygen atoms in total. The van der Waals surface area contributed by atoms with Crippen molar-refractivity contribution >= 4 is 44.2 Å². The third-order valence-corrected chi connectivity index (χ3v) is 4.73. The van der Waals surface area contributed by atoms with Crippen LogP contribution in [0.25, 0.3) is 0 Å². The summed E-state index contributed by atoms with van der Waals surface area (Å²) in [6, 6.07) is 7.56. The van der Waals surface area contributed by atoms with Crippen LogP contribution in [0, 0.1) is 9.39 Å². The molecule has 23 heavy (non-hydrogen) atoms. The van der Waals surface area contributed by atoms with Crippen LogP contribution in [0.3, 0.4) is 0 Å². The standard InChI is InChI=1S/C14H12FIN2O4S/c1-22-13-5-3-9(23(17,20)21)7-12(13)18-14(19)10-4-2-8(15)6-11(10)16/h2-7H,1H3,(H,18,19)(H2,17,20,21). The largest absolute Gasteiger partial charge is 0.495 e. The molecule has 1 amide bonds. The number of ether oxygens (including phenoxy) is 1. The highest BCUT2D eigenvalue weighted by molar-refractivity contribution is 14.1. The lowest BCUT2D eigenvalue weighted by Gasteiger charge is -2.12. The molecule has 0 aromatic heterocycles. The van der Waals surface area contributed by atoms with Crippen LogP contribution in [-0.4, -0.2) is 21.4 Å². The first-order chi connectivity index (χ1) is 10.7. The maximum absolute atomic E-state index is 13.1. The minimum absolute atomic E-state index is 0.143. The van der Waals surface area contributed by atoms with E-state index >= 15 is 0 Å². The predicted molar refractivity (Wildman–Crippen MR) is 91.4 cm³/mol. The summed E-state index contributed by atoms with van der Waals surface area (Å²) in [5.74, 6) is -0.720. The molecule has 0 aliphatic carbocycles. The molecular weight excluding hydrogens is 438 g/mol. The maximum atomic E-state index is 13.1. The van der Waals surface area contributed by atoms with Gasteiger partial charge in [0.15, 0.2) is 0 Å². The van der Waals surface area contributed by atoms with Crippen molar-refractivity contribution in [1.29, 1.82) is 0 Å². The second kappa shape index (κ2) is 6.81. The van der Waals surface area contributed by atoms with Gasteiger partial charge < -0.3 is 10.1 Å². The zero-order chi connectivity index (χ0) is 17.2. The van der Waals surface area contributed by atoms with Crippen LogP contribution in [-0.2, 0) is 10.0 Å². The van der Waals surface area contributed by atoms with Gasteiger partial charge >= 0.3 is 0 Å². The van der Waals surface area contributed by atoms with Crippen LogP contribution in [0.15, 0.2) is 41.3 Å². The Morgan fingerprint density at radius 3 is 2.52 bits per heavy atom. The van der Waals surface area contributed by atoms with Gasteiger partial charge in [-0.15, -0.1) is 0 Å². The van der Waals surface area contributed by atoms with Gasteiger partial charge in [0.05, 0.1) is 23.3 Å². The van der Waals surface area contributed by atoms with E-state index in [-0.39, 0.29) is 21.9 Å². The van der Waals surface area contributed by atoms with E-state index in [0.717, 1.165) is 6.07 Å². The van der Waals surface area contributed by atoms with Crippen LogP contribution in [0.5, 0.6) is 5.75 Å². The molecule has 122 valence electrons. The number of methoxy groups -OCH3 is 1. The molecular formula is C14H12FIN2O4S. The van der Waals surface area contributed by atoms with E-state index in [0.29, 0.717) is 3.57 Å². The maximum Gasteiger partial charge on any atom is 0.256 e. The monoisotopic (exact) mass is 450 g/mol. The molecule has 0 radical (unpaired) electrons. The Labute approximate surface area is 146 Å². The van der Waals surface area contributed by atoms with Crippen molar-refractivity contribution in [1.82, 2.24) is 0 Å². The molecule has 0 saturated heterocycles. The number of halogens is 2. The van der Waals surface area contributed by atoms with Gasteiger partial charge in [-0.1, -0.05) is 0 Å². The number of carbonyl (C=O) groups excluding carboxylic acids is 1. The molecule has 0 aliphatic heterocycles. The highest BCUT2D eigenvalue weighted by Crippen LogP contribution is 2.28. The van der Waals surface area contributed by atoms with E-state index in [4.69, 9.17) is 9.88 Å². The first-order valence-corrected chi connectivity index (χ1v) is 8.82. The van der Waals surface area contributed by atoms with Crippen molar-refractivity contribution in [3.63, 3.8) is 0 Å². The summed E-state index contributed by atoms with van der Waals surface area (Å²) < 4.78 is 41.4. The topological polar surface area (TPSA) is 98.5 Å². The van der Waals surface area contributed by atoms with E-state index in [9.17, 15) is 17.6 Å². The highest BCUT2D eigenvalue weighted by atomic mass is 127. The van der Waals surface area contributed by atoms with Gasteiger partial charge in [0.2, 0.25) is 10.0 Å². The Morgan fingerprint density at radius 2 is 1.96 bits per heavy atom. The van der Waals surface area contributed by atoms with E-state index in [2.05, 4.69) is 5.32 Å². The summed E-state index contributed by atoms with van der Waals surface area (Å²) in [5, 5.41) is 7.62. The summed E-state index contributed by atoms with van der Waals surface area (Å²) in [4.78, 5) is 12.1. The van der Waals surface area contributed by atoms with Crippen LogP contribution in [0.4, 0.5) is 10.1 Å². The lowest BCUT2D eigenvalue weighted by Crippen LogP contribution is -2.16. The van der Waals surface area contributed by atoms with Gasteiger partial charge in [0.1, 0.15) is 11.6 Å². The van der Waals surface area contributed by atoms with Crippen LogP contribution in [0.2, 0.25) is 0 Å². The van der Waals surface area contributed by atoms with Gasteiger partial charge in [-0.2, -0.15) is 0 Å². The number of rotatable bonds is 4. The number of primary sulfonamides is 1. The first-order valence-electron chi connectivity index (χ1n) is 6.19. The second-order valence-electron chi connectivity index (χ2n) is 4.49. The lowest BCUT2D eigenvalue weighted by molar-refractivity contribution is 0.102. The zero-order valence-electron chi connectivity index (χ0n) is 11.8. The SMILES string of the molecule is COc1ccc(S(N)(=O)=O)cc1NC(=O)c1ccc(F)cc1I. The summed E-state index contributed by atoms with van der Waals surface area (Å²) in [6.45, 7) is 0. The average Bonchev–Trinajstić information content (AvgIpc) is 2.46. The average molecular weight is 450 g/mol. The number of sulfonamides is 1. The molecule has 0 fully saturated rings. The number of nitrogens with one attached hydrogen (secondary N) is 1. The minimum Gasteiger partial charge on any atom is -0.495 e. The fraction of sp³-hybridized carbons (Fsp3) is 0.0714. The number of amides is 1. The van der Waals surface area contributed by atoms with Crippen molar-refractivity contribution < 1.29 is 22.3 Å². The fourth-order valence-electron chi connectivity index (χ4n) is 1.83. The second-order valence-corrected chi connectivity index (χ2v) is 7.21. The molecule has 0 aliphatic rings. The van der Waals surface area contributed by atoms with Gasteiger partial charge in [0, 0.05) is 3.57 Å². The van der Waals surface area contributed by atoms with E-state index in [1.165, 1.54) is 37.4 Å². The summed E-state index contributed by atoms with van der Waals surface area (Å²) in [7, 11) is -2.54. The van der Waals surface area contributed by atoms with Gasteiger partial charge in [-0.3, -0.25) is 4.79 Å². The van der Waals surface area contributed by atoms with Crippen LogP contribution < -0.4 is 15.2 Å². The third kappa shape index (κ3) is 4.18. The van der Waals surface area contributed by atoms with Crippen molar-refractivity contribution in [2.75, 3.05) is 12.4 Å². The van der Waals surface area contributed by atoms with E-state index in [1.54, 1.807) is 0 Å². The predicted octanol–water partition coefficient (Wildman–Crippen LogP) is 2.34. The van der Waals surface area contributed by atoms with Gasteiger partial charge in [0.25, 0.3) is 5.91 Å². The fourth-order valence-corrected chi connectivity index (χ4v) is 3.09. The molecule has 0 saturated carbocycles. The molecule has 9 heteroatoms. The Balaban J connectivity index is 2.40. The first kappa shape index (κ1) is 17.6. The molecule has 0 heterocycles. The third-order valence-electron chi connectivity index (χ3n) is 2.92. The smallest absolute Gasteiger partial charge is 0.256 e. The molecule has 0 bridgehead atoms. The molecule has 2 aromatic carbocycles. The van der Waals surface area contributed by atoms with E-state index < -0.39 is 21.7 Å². The Bertz CT molecular complexity index is 871. The van der Waals surface area contributed by atoms with Crippen molar-refractivity contribution in [2.24, 2.45) is 5.14 Å². The number of nitrogens with two attached hydrogens (primary N) is 1. The summed E-state index contributed by atoms with van der Waals surface area (Å²) in [6.07, 6.45) is 0. The van der Waals surface area contributed by atoms with Crippen molar-refractivity contribution in [3.8, 4) is 5.75 Å². The number of anilines is 1. The Kier molecular flexibility index (Phi) is 5.22. The number of hydrogen-bond donors (Lipinski definition) is 2. The summed E-state index contributed by atoms with van der Waals surface area (Å²) in [5.41, 5.74) is 0.388. The Hall–Kier alpha value is -1.72. The van der Waals surface area contributed by atoms with Crippen molar-refractivity contribution in [2.45, 2.75) is 4.90 Å². The molecule has 0 atom stereocenters. The summed E-state index contributed by atoms with van der Waals surface area (Å²) >= 11 is 1.83. The highest BCUT2D eigenvalue weighted by Gasteiger charge is 2.16.